The molecule has 0 bridgehead atoms. The number of nitrogens with zero attached hydrogens (tertiary/aromatic N) is 2. The van der Waals surface area contributed by atoms with Crippen LogP contribution >= 0.6 is 0 Å². The number of aromatic nitrogens is 3. The van der Waals surface area contributed by atoms with Crippen LogP contribution < -0.4 is 5.32 Å². The summed E-state index contributed by atoms with van der Waals surface area (Å²) in [5, 5.41) is 9.54. The molecule has 0 fully saturated rings. The first-order valence-electron chi connectivity index (χ1n) is 4.76. The summed E-state index contributed by atoms with van der Waals surface area (Å²) in [6, 6.07) is 10.2. The number of H-pyrrole nitrogens is 1. The number of aromatic amines is 1. The average Bonchev–Trinajstić information content (AvgIpc) is 2.79. The third-order valence-electron chi connectivity index (χ3n) is 1.91. The second kappa shape index (κ2) is 4.95. The van der Waals surface area contributed by atoms with Gasteiger partial charge in [-0.05, 0) is 5.56 Å². The van der Waals surface area contributed by atoms with Crippen molar-refractivity contribution in [2.75, 3.05) is 11.9 Å². The molecule has 76 valence electrons. The quantitative estimate of drug-likeness (QED) is 0.792. The van der Waals surface area contributed by atoms with E-state index in [1.54, 1.807) is 0 Å². The Kier molecular flexibility index (Phi) is 3.12. The van der Waals surface area contributed by atoms with Crippen LogP contribution in [0.15, 0.2) is 42.7 Å². The minimum Gasteiger partial charge on any atom is -0.351 e. The van der Waals surface area contributed by atoms with Crippen LogP contribution in [-0.2, 0) is 0 Å². The fourth-order valence-corrected chi connectivity index (χ4v) is 1.21. The van der Waals surface area contributed by atoms with Gasteiger partial charge in [-0.3, -0.25) is 0 Å². The van der Waals surface area contributed by atoms with E-state index in [2.05, 4.69) is 38.7 Å². The van der Waals surface area contributed by atoms with E-state index in [-0.39, 0.29) is 0 Å². The highest BCUT2D eigenvalue weighted by Gasteiger charge is 1.89. The first-order chi connectivity index (χ1) is 7.45. The molecule has 0 saturated heterocycles. The number of anilines is 1. The molecule has 1 heterocycles. The van der Waals surface area contributed by atoms with E-state index in [0.29, 0.717) is 5.95 Å². The molecule has 1 aromatic carbocycles. The maximum Gasteiger partial charge on any atom is 0.218 e. The highest BCUT2D eigenvalue weighted by atomic mass is 15.3. The molecule has 0 aliphatic heterocycles. The van der Waals surface area contributed by atoms with Gasteiger partial charge in [-0.15, -0.1) is 0 Å². The third-order valence-corrected chi connectivity index (χ3v) is 1.91. The van der Waals surface area contributed by atoms with Gasteiger partial charge in [-0.25, -0.2) is 10.1 Å². The van der Waals surface area contributed by atoms with E-state index in [1.165, 1.54) is 11.9 Å². The van der Waals surface area contributed by atoms with Gasteiger partial charge in [-0.2, -0.15) is 5.10 Å². The zero-order chi connectivity index (χ0) is 10.3. The molecule has 4 nitrogen and oxygen atoms in total. The van der Waals surface area contributed by atoms with Gasteiger partial charge >= 0.3 is 0 Å². The number of rotatable bonds is 4. The Labute approximate surface area is 88.1 Å². The molecular formula is C11H12N4. The van der Waals surface area contributed by atoms with E-state index < -0.39 is 0 Å². The topological polar surface area (TPSA) is 53.6 Å². The summed E-state index contributed by atoms with van der Waals surface area (Å²) >= 11 is 0. The zero-order valence-corrected chi connectivity index (χ0v) is 8.22. The molecule has 2 rings (SSSR count). The van der Waals surface area contributed by atoms with Gasteiger partial charge in [0.1, 0.15) is 6.33 Å². The number of hydrogen-bond donors (Lipinski definition) is 2. The van der Waals surface area contributed by atoms with Crippen molar-refractivity contribution in [3.63, 3.8) is 0 Å². The van der Waals surface area contributed by atoms with E-state index in [1.807, 2.05) is 24.3 Å². The summed E-state index contributed by atoms with van der Waals surface area (Å²) in [5.41, 5.74) is 1.19. The predicted molar refractivity (Wildman–Crippen MR) is 60.3 cm³/mol. The van der Waals surface area contributed by atoms with Crippen molar-refractivity contribution in [1.82, 2.24) is 15.2 Å². The van der Waals surface area contributed by atoms with Crippen LogP contribution in [0.2, 0.25) is 0 Å². The molecule has 4 heteroatoms. The summed E-state index contributed by atoms with van der Waals surface area (Å²) in [6.45, 7) is 0.726. The Hall–Kier alpha value is -2.10. The Morgan fingerprint density at radius 1 is 1.27 bits per heavy atom. The standard InChI is InChI=1S/C11H12N4/c1-2-5-10(6-3-1)7-4-8-12-11-13-9-14-15-11/h1-7,9H,8H2,(H2,12,13,14,15)/b7-4+. The lowest BCUT2D eigenvalue weighted by Crippen LogP contribution is -1.99. The van der Waals surface area contributed by atoms with Gasteiger partial charge in [-0.1, -0.05) is 42.5 Å². The van der Waals surface area contributed by atoms with E-state index in [4.69, 9.17) is 0 Å². The largest absolute Gasteiger partial charge is 0.351 e. The summed E-state index contributed by atoms with van der Waals surface area (Å²) < 4.78 is 0. The SMILES string of the molecule is C(=C\c1ccccc1)/CNc1ncn[nH]1. The van der Waals surface area contributed by atoms with Crippen molar-refractivity contribution in [3.05, 3.63) is 48.3 Å². The van der Waals surface area contributed by atoms with Crippen LogP contribution in [0.5, 0.6) is 0 Å². The summed E-state index contributed by atoms with van der Waals surface area (Å²) in [4.78, 5) is 3.95. The summed E-state index contributed by atoms with van der Waals surface area (Å²) in [6.07, 6.45) is 5.57. The molecule has 2 N–H and O–H groups in total. The molecule has 0 spiro atoms. The van der Waals surface area contributed by atoms with Crippen molar-refractivity contribution in [2.45, 2.75) is 0 Å². The van der Waals surface area contributed by atoms with E-state index >= 15 is 0 Å². The molecule has 0 unspecified atom stereocenters. The predicted octanol–water partition coefficient (Wildman–Crippen LogP) is 1.93. The lowest BCUT2D eigenvalue weighted by atomic mass is 10.2. The van der Waals surface area contributed by atoms with Crippen LogP contribution in [-0.4, -0.2) is 21.7 Å². The first-order valence-corrected chi connectivity index (χ1v) is 4.76. The Morgan fingerprint density at radius 3 is 2.87 bits per heavy atom. The normalized spacial score (nSPS) is 10.7. The van der Waals surface area contributed by atoms with Crippen LogP contribution in [0.3, 0.4) is 0 Å². The van der Waals surface area contributed by atoms with Crippen molar-refractivity contribution in [2.24, 2.45) is 0 Å². The second-order valence-electron chi connectivity index (χ2n) is 3.03. The van der Waals surface area contributed by atoms with Crippen LogP contribution in [0.4, 0.5) is 5.95 Å². The Morgan fingerprint density at radius 2 is 2.13 bits per heavy atom. The van der Waals surface area contributed by atoms with E-state index in [0.717, 1.165) is 6.54 Å². The number of hydrogen-bond acceptors (Lipinski definition) is 3. The van der Waals surface area contributed by atoms with Gasteiger partial charge in [0.05, 0.1) is 0 Å². The van der Waals surface area contributed by atoms with Crippen molar-refractivity contribution >= 4 is 12.0 Å². The molecule has 0 atom stereocenters. The molecule has 2 aromatic rings. The summed E-state index contributed by atoms with van der Waals surface area (Å²) in [5.74, 6) is 0.688. The van der Waals surface area contributed by atoms with E-state index in [9.17, 15) is 0 Å². The fraction of sp³-hybridized carbons (Fsp3) is 0.0909. The molecular weight excluding hydrogens is 188 g/mol. The first kappa shape index (κ1) is 9.45. The van der Waals surface area contributed by atoms with Gasteiger partial charge in [0.2, 0.25) is 5.95 Å². The average molecular weight is 200 g/mol. The van der Waals surface area contributed by atoms with Crippen molar-refractivity contribution in [3.8, 4) is 0 Å². The lowest BCUT2D eigenvalue weighted by Gasteiger charge is -1.95. The van der Waals surface area contributed by atoms with Crippen LogP contribution in [0.25, 0.3) is 6.08 Å². The zero-order valence-electron chi connectivity index (χ0n) is 8.22. The maximum atomic E-state index is 3.95. The highest BCUT2D eigenvalue weighted by molar-refractivity contribution is 5.49. The van der Waals surface area contributed by atoms with Gasteiger partial charge in [0.15, 0.2) is 0 Å². The lowest BCUT2D eigenvalue weighted by molar-refractivity contribution is 1.08. The molecule has 0 aliphatic carbocycles. The second-order valence-corrected chi connectivity index (χ2v) is 3.03. The maximum absolute atomic E-state index is 3.95. The van der Waals surface area contributed by atoms with Gasteiger partial charge in [0.25, 0.3) is 0 Å². The Balaban J connectivity index is 1.81. The molecule has 0 amide bonds. The highest BCUT2D eigenvalue weighted by Crippen LogP contribution is 2.00. The fourth-order valence-electron chi connectivity index (χ4n) is 1.21. The number of benzene rings is 1. The van der Waals surface area contributed by atoms with Crippen LogP contribution in [0.1, 0.15) is 5.56 Å². The minimum absolute atomic E-state index is 0.688. The monoisotopic (exact) mass is 200 g/mol. The Bertz CT molecular complexity index is 405. The van der Waals surface area contributed by atoms with Crippen molar-refractivity contribution in [1.29, 1.82) is 0 Å². The van der Waals surface area contributed by atoms with Crippen LogP contribution in [0, 0.1) is 0 Å². The van der Waals surface area contributed by atoms with Gasteiger partial charge in [0, 0.05) is 6.54 Å². The van der Waals surface area contributed by atoms with Crippen molar-refractivity contribution < 1.29 is 0 Å². The third kappa shape index (κ3) is 2.95. The molecule has 0 saturated carbocycles. The minimum atomic E-state index is 0.688. The summed E-state index contributed by atoms with van der Waals surface area (Å²) in [7, 11) is 0. The number of nitrogens with one attached hydrogen (secondary N) is 2. The van der Waals surface area contributed by atoms with Gasteiger partial charge < -0.3 is 5.32 Å². The molecule has 0 aliphatic rings. The molecule has 0 radical (unpaired) electrons. The molecule has 15 heavy (non-hydrogen) atoms. The smallest absolute Gasteiger partial charge is 0.218 e. The molecule has 1 aromatic heterocycles.